The minimum absolute atomic E-state index is 0.175. The molecule has 0 aliphatic heterocycles. The molecule has 32 heavy (non-hydrogen) atoms. The average Bonchev–Trinajstić information content (AvgIpc) is 3.53. The standard InChI is InChI=1S/C23H28N4O2S.CH4O/c1-14(2)16-7-9-20(28)18(11-16)22-24-25-23(30)27(22)17-8-10-21(29-4)19(12-17)26(3)13-15-5-6-15;1-2/h7-12,14-15,28H,5-6,13H2,1-4H3,(H,25,30);2H,1H3. The van der Waals surface area contributed by atoms with E-state index >= 15 is 0 Å². The number of hydrogen-bond donors (Lipinski definition) is 3. The molecule has 0 unspecified atom stereocenters. The summed E-state index contributed by atoms with van der Waals surface area (Å²) >= 11 is 5.55. The fourth-order valence-corrected chi connectivity index (χ4v) is 3.95. The van der Waals surface area contributed by atoms with Gasteiger partial charge in [-0.1, -0.05) is 19.9 Å². The number of hydrogen-bond acceptors (Lipinski definition) is 6. The number of aromatic amines is 1. The van der Waals surface area contributed by atoms with Crippen molar-refractivity contribution in [3.05, 3.63) is 46.7 Å². The normalized spacial score (nSPS) is 13.0. The monoisotopic (exact) mass is 456 g/mol. The highest BCUT2D eigenvalue weighted by molar-refractivity contribution is 7.71. The zero-order valence-corrected chi connectivity index (χ0v) is 20.1. The Bertz CT molecular complexity index is 1120. The van der Waals surface area contributed by atoms with Crippen LogP contribution in [0.25, 0.3) is 17.1 Å². The van der Waals surface area contributed by atoms with Gasteiger partial charge in [0.05, 0.1) is 24.0 Å². The number of benzene rings is 2. The summed E-state index contributed by atoms with van der Waals surface area (Å²) in [5, 5.41) is 24.9. The fourth-order valence-electron chi connectivity index (χ4n) is 3.71. The molecule has 0 atom stereocenters. The van der Waals surface area contributed by atoms with Crippen molar-refractivity contribution in [2.24, 2.45) is 5.92 Å². The van der Waals surface area contributed by atoms with Crippen LogP contribution in [0.3, 0.4) is 0 Å². The molecule has 7 nitrogen and oxygen atoms in total. The first kappa shape index (κ1) is 23.8. The third-order valence-corrected chi connectivity index (χ3v) is 5.94. The van der Waals surface area contributed by atoms with Crippen LogP contribution in [0.5, 0.6) is 11.5 Å². The molecule has 172 valence electrons. The number of rotatable bonds is 7. The molecule has 1 saturated carbocycles. The number of aromatic hydroxyl groups is 1. The number of nitrogens with one attached hydrogen (secondary N) is 1. The van der Waals surface area contributed by atoms with Gasteiger partial charge in [0.25, 0.3) is 0 Å². The number of anilines is 1. The lowest BCUT2D eigenvalue weighted by atomic mass is 10.00. The second-order valence-corrected chi connectivity index (χ2v) is 8.69. The predicted molar refractivity (Wildman–Crippen MR) is 131 cm³/mol. The van der Waals surface area contributed by atoms with Crippen molar-refractivity contribution in [1.82, 2.24) is 14.8 Å². The molecular weight excluding hydrogens is 424 g/mol. The van der Waals surface area contributed by atoms with Crippen LogP contribution in [-0.2, 0) is 0 Å². The van der Waals surface area contributed by atoms with E-state index in [1.807, 2.05) is 28.8 Å². The van der Waals surface area contributed by atoms with Gasteiger partial charge in [-0.3, -0.25) is 9.67 Å². The summed E-state index contributed by atoms with van der Waals surface area (Å²) in [6.45, 7) is 5.25. The van der Waals surface area contributed by atoms with E-state index in [9.17, 15) is 5.11 Å². The van der Waals surface area contributed by atoms with E-state index in [0.29, 0.717) is 22.1 Å². The third-order valence-electron chi connectivity index (χ3n) is 5.66. The van der Waals surface area contributed by atoms with Crippen LogP contribution in [0.15, 0.2) is 36.4 Å². The molecule has 2 aromatic carbocycles. The molecule has 1 aromatic heterocycles. The second-order valence-electron chi connectivity index (χ2n) is 8.30. The van der Waals surface area contributed by atoms with Gasteiger partial charge < -0.3 is 19.8 Å². The molecular formula is C24H32N4O3S. The number of methoxy groups -OCH3 is 1. The summed E-state index contributed by atoms with van der Waals surface area (Å²) in [4.78, 5) is 2.24. The van der Waals surface area contributed by atoms with Gasteiger partial charge in [0.15, 0.2) is 10.6 Å². The molecule has 0 saturated heterocycles. The number of phenolic OH excluding ortho intramolecular Hbond substituents is 1. The maximum absolute atomic E-state index is 10.6. The van der Waals surface area contributed by atoms with E-state index in [2.05, 4.69) is 42.1 Å². The molecule has 4 rings (SSSR count). The smallest absolute Gasteiger partial charge is 0.200 e. The average molecular weight is 457 g/mol. The largest absolute Gasteiger partial charge is 0.507 e. The predicted octanol–water partition coefficient (Wildman–Crippen LogP) is 4.89. The van der Waals surface area contributed by atoms with Gasteiger partial charge in [-0.05, 0) is 72.8 Å². The van der Waals surface area contributed by atoms with E-state index < -0.39 is 0 Å². The number of nitrogens with zero attached hydrogens (tertiary/aromatic N) is 3. The second kappa shape index (κ2) is 10.2. The minimum atomic E-state index is 0.175. The Morgan fingerprint density at radius 3 is 2.56 bits per heavy atom. The number of phenols is 1. The molecule has 3 N–H and O–H groups in total. The number of aliphatic hydroxyl groups excluding tert-OH is 1. The highest BCUT2D eigenvalue weighted by Crippen LogP contribution is 2.37. The van der Waals surface area contributed by atoms with Gasteiger partial charge in [-0.2, -0.15) is 5.10 Å². The number of aromatic nitrogens is 3. The Kier molecular flexibility index (Phi) is 7.58. The third kappa shape index (κ3) is 4.97. The van der Waals surface area contributed by atoms with Crippen LogP contribution in [0, 0.1) is 10.7 Å². The molecule has 3 aromatic rings. The van der Waals surface area contributed by atoms with E-state index in [4.69, 9.17) is 22.1 Å². The maximum atomic E-state index is 10.6. The summed E-state index contributed by atoms with van der Waals surface area (Å²) in [6, 6.07) is 11.6. The van der Waals surface area contributed by atoms with E-state index in [-0.39, 0.29) is 5.75 Å². The lowest BCUT2D eigenvalue weighted by molar-refractivity contribution is 0.399. The van der Waals surface area contributed by atoms with Gasteiger partial charge in [0, 0.05) is 20.7 Å². The zero-order chi connectivity index (χ0) is 23.4. The fraction of sp³-hybridized carbons (Fsp3) is 0.417. The van der Waals surface area contributed by atoms with Gasteiger partial charge >= 0.3 is 0 Å². The Morgan fingerprint density at radius 1 is 1.22 bits per heavy atom. The molecule has 1 fully saturated rings. The quantitative estimate of drug-likeness (QED) is 0.439. The van der Waals surface area contributed by atoms with Crippen LogP contribution in [0.4, 0.5) is 5.69 Å². The zero-order valence-electron chi connectivity index (χ0n) is 19.3. The molecule has 1 heterocycles. The molecule has 1 aliphatic carbocycles. The summed E-state index contributed by atoms with van der Waals surface area (Å²) in [5.41, 5.74) is 3.66. The van der Waals surface area contributed by atoms with Crippen molar-refractivity contribution in [2.45, 2.75) is 32.6 Å². The maximum Gasteiger partial charge on any atom is 0.200 e. The van der Waals surface area contributed by atoms with Crippen LogP contribution < -0.4 is 9.64 Å². The van der Waals surface area contributed by atoms with Crippen molar-refractivity contribution >= 4 is 17.9 Å². The number of aliphatic hydroxyl groups is 1. The van der Waals surface area contributed by atoms with Crippen LogP contribution >= 0.6 is 12.2 Å². The van der Waals surface area contributed by atoms with Crippen LogP contribution in [0.2, 0.25) is 0 Å². The minimum Gasteiger partial charge on any atom is -0.507 e. The molecule has 0 amide bonds. The highest BCUT2D eigenvalue weighted by Gasteiger charge is 2.24. The lowest BCUT2D eigenvalue weighted by Crippen LogP contribution is -2.20. The molecule has 0 spiro atoms. The molecule has 1 aliphatic rings. The summed E-state index contributed by atoms with van der Waals surface area (Å²) in [6.07, 6.45) is 2.57. The Balaban J connectivity index is 0.00000141. The summed E-state index contributed by atoms with van der Waals surface area (Å²) in [5.74, 6) is 2.67. The van der Waals surface area contributed by atoms with Crippen LogP contribution in [0.1, 0.15) is 38.2 Å². The topological polar surface area (TPSA) is 86.5 Å². The molecule has 0 radical (unpaired) electrons. The van der Waals surface area contributed by atoms with Gasteiger partial charge in [-0.25, -0.2) is 0 Å². The summed E-state index contributed by atoms with van der Waals surface area (Å²) in [7, 11) is 4.78. The SMILES string of the molecule is CO.COc1ccc(-n2c(-c3cc(C(C)C)ccc3O)n[nH]c2=S)cc1N(C)CC1CC1. The van der Waals surface area contributed by atoms with Crippen LogP contribution in [-0.4, -0.2) is 52.8 Å². The van der Waals surface area contributed by atoms with Gasteiger partial charge in [-0.15, -0.1) is 0 Å². The van der Waals surface area contributed by atoms with E-state index in [1.54, 1.807) is 13.2 Å². The lowest BCUT2D eigenvalue weighted by Gasteiger charge is -2.23. The first-order valence-corrected chi connectivity index (χ1v) is 11.1. The Morgan fingerprint density at radius 2 is 1.94 bits per heavy atom. The van der Waals surface area contributed by atoms with Gasteiger partial charge in [0.1, 0.15) is 11.5 Å². The first-order chi connectivity index (χ1) is 15.4. The van der Waals surface area contributed by atoms with Crippen molar-refractivity contribution in [2.75, 3.05) is 32.7 Å². The Labute approximate surface area is 194 Å². The first-order valence-electron chi connectivity index (χ1n) is 10.7. The Hall–Kier alpha value is -2.84. The van der Waals surface area contributed by atoms with Crippen molar-refractivity contribution < 1.29 is 14.9 Å². The molecule has 8 heteroatoms. The van der Waals surface area contributed by atoms with E-state index in [0.717, 1.165) is 42.3 Å². The van der Waals surface area contributed by atoms with Crippen molar-refractivity contribution in [3.63, 3.8) is 0 Å². The number of ether oxygens (including phenoxy) is 1. The summed E-state index contributed by atoms with van der Waals surface area (Å²) < 4.78 is 7.94. The number of H-pyrrole nitrogens is 1. The van der Waals surface area contributed by atoms with Crippen molar-refractivity contribution in [1.29, 1.82) is 0 Å². The highest BCUT2D eigenvalue weighted by atomic mass is 32.1. The van der Waals surface area contributed by atoms with Gasteiger partial charge in [0.2, 0.25) is 0 Å². The van der Waals surface area contributed by atoms with E-state index in [1.165, 1.54) is 12.8 Å². The van der Waals surface area contributed by atoms with Crippen molar-refractivity contribution in [3.8, 4) is 28.6 Å². The molecule has 0 bridgehead atoms.